The van der Waals surface area contributed by atoms with Crippen molar-refractivity contribution in [3.05, 3.63) is 57.5 Å². The Labute approximate surface area is 112 Å². The summed E-state index contributed by atoms with van der Waals surface area (Å²) in [5.74, 6) is 0. The van der Waals surface area contributed by atoms with Crippen LogP contribution in [-0.4, -0.2) is 4.92 Å². The lowest BCUT2D eigenvalue weighted by atomic mass is 10.2. The van der Waals surface area contributed by atoms with Crippen LogP contribution in [0.15, 0.2) is 52.3 Å². The lowest BCUT2D eigenvalue weighted by Gasteiger charge is -2.08. The topological polar surface area (TPSA) is 43.1 Å². The van der Waals surface area contributed by atoms with Gasteiger partial charge in [0.05, 0.1) is 4.92 Å². The average molecular weight is 263 g/mol. The largest absolute Gasteiger partial charge is 0.269 e. The Morgan fingerprint density at radius 1 is 1.39 bits per heavy atom. The van der Waals surface area contributed by atoms with E-state index in [4.69, 9.17) is 0 Å². The summed E-state index contributed by atoms with van der Waals surface area (Å²) in [5, 5.41) is 10.6. The molecule has 0 aliphatic heterocycles. The zero-order valence-corrected chi connectivity index (χ0v) is 11.5. The Hall–Kier alpha value is -1.55. The molecule has 0 N–H and O–H groups in total. The van der Waals surface area contributed by atoms with Gasteiger partial charge in [0.1, 0.15) is 0 Å². The Morgan fingerprint density at radius 3 is 2.44 bits per heavy atom. The summed E-state index contributed by atoms with van der Waals surface area (Å²) in [4.78, 5) is 12.5. The third-order valence-electron chi connectivity index (χ3n) is 2.42. The molecule has 4 heteroatoms. The highest BCUT2D eigenvalue weighted by atomic mass is 32.2. The predicted molar refractivity (Wildman–Crippen MR) is 76.8 cm³/mol. The van der Waals surface area contributed by atoms with Crippen LogP contribution in [0.3, 0.4) is 0 Å². The van der Waals surface area contributed by atoms with Gasteiger partial charge in [0.15, 0.2) is 0 Å². The zero-order chi connectivity index (χ0) is 13.5. The van der Waals surface area contributed by atoms with E-state index >= 15 is 0 Å². The second kappa shape index (κ2) is 7.01. The number of allylic oxidation sites excluding steroid dienone is 3. The maximum Gasteiger partial charge on any atom is 0.269 e. The van der Waals surface area contributed by atoms with Gasteiger partial charge in [-0.25, -0.2) is 0 Å². The highest BCUT2D eigenvalue weighted by molar-refractivity contribution is 8.03. The van der Waals surface area contributed by atoms with Crippen molar-refractivity contribution in [1.29, 1.82) is 0 Å². The van der Waals surface area contributed by atoms with Gasteiger partial charge in [-0.3, -0.25) is 10.1 Å². The monoisotopic (exact) mass is 263 g/mol. The molecule has 1 aromatic carbocycles. The Bertz CT molecular complexity index is 459. The summed E-state index contributed by atoms with van der Waals surface area (Å²) in [6.45, 7) is 7.88. The number of hydrogen-bond acceptors (Lipinski definition) is 3. The molecule has 96 valence electrons. The number of non-ortho nitro benzene ring substituents is 1. The molecule has 0 saturated carbocycles. The molecule has 0 unspecified atom stereocenters. The van der Waals surface area contributed by atoms with Gasteiger partial charge in [0.25, 0.3) is 5.69 Å². The third-order valence-corrected chi connectivity index (χ3v) is 3.79. The van der Waals surface area contributed by atoms with Crippen LogP contribution in [0, 0.1) is 10.1 Å². The molecule has 18 heavy (non-hydrogen) atoms. The van der Waals surface area contributed by atoms with E-state index in [-0.39, 0.29) is 10.6 Å². The van der Waals surface area contributed by atoms with Crippen molar-refractivity contribution in [2.45, 2.75) is 31.6 Å². The third kappa shape index (κ3) is 4.37. The molecule has 0 radical (unpaired) electrons. The summed E-state index contributed by atoms with van der Waals surface area (Å²) >= 11 is 1.67. The molecule has 1 rings (SSSR count). The average Bonchev–Trinajstić information content (AvgIpc) is 2.34. The molecule has 0 aliphatic rings. The van der Waals surface area contributed by atoms with Crippen molar-refractivity contribution in [2.24, 2.45) is 0 Å². The summed E-state index contributed by atoms with van der Waals surface area (Å²) in [6, 6.07) is 6.66. The van der Waals surface area contributed by atoms with Crippen LogP contribution in [-0.2, 0) is 0 Å². The van der Waals surface area contributed by atoms with Gasteiger partial charge in [-0.05, 0) is 43.7 Å². The molecule has 0 aliphatic carbocycles. The highest BCUT2D eigenvalue weighted by Crippen LogP contribution is 2.33. The molecule has 0 heterocycles. The molecule has 3 nitrogen and oxygen atoms in total. The Kier molecular flexibility index (Phi) is 5.65. The molecule has 0 fully saturated rings. The number of hydrogen-bond donors (Lipinski definition) is 0. The van der Waals surface area contributed by atoms with Crippen LogP contribution >= 0.6 is 11.8 Å². The quantitative estimate of drug-likeness (QED) is 0.316. The molecule has 0 saturated heterocycles. The summed E-state index contributed by atoms with van der Waals surface area (Å²) in [7, 11) is 0. The molecule has 0 spiro atoms. The standard InChI is InChI=1S/C14H17NO2S/c1-4-5-6-14(11(2)3)18-13-9-7-12(8-10-13)15(16)17/h4,7-10H,1,5-6H2,2-3H3. The van der Waals surface area contributed by atoms with Gasteiger partial charge in [-0.2, -0.15) is 0 Å². The van der Waals surface area contributed by atoms with Gasteiger partial charge < -0.3 is 0 Å². The van der Waals surface area contributed by atoms with Gasteiger partial charge in [0.2, 0.25) is 0 Å². The first-order valence-corrected chi connectivity index (χ1v) is 6.55. The number of nitro benzene ring substituents is 1. The number of rotatable bonds is 6. The van der Waals surface area contributed by atoms with E-state index in [2.05, 4.69) is 20.4 Å². The molecular formula is C14H17NO2S. The van der Waals surface area contributed by atoms with Crippen molar-refractivity contribution in [2.75, 3.05) is 0 Å². The number of thioether (sulfide) groups is 1. The number of benzene rings is 1. The van der Waals surface area contributed by atoms with E-state index in [9.17, 15) is 10.1 Å². The van der Waals surface area contributed by atoms with E-state index in [1.165, 1.54) is 10.5 Å². The van der Waals surface area contributed by atoms with Gasteiger partial charge in [0, 0.05) is 17.0 Å². The fraction of sp³-hybridized carbons (Fsp3) is 0.286. The smallest absolute Gasteiger partial charge is 0.258 e. The summed E-state index contributed by atoms with van der Waals surface area (Å²) < 4.78 is 0. The second-order valence-electron chi connectivity index (χ2n) is 4.10. The van der Waals surface area contributed by atoms with Crippen molar-refractivity contribution in [3.63, 3.8) is 0 Å². The van der Waals surface area contributed by atoms with Crippen molar-refractivity contribution in [1.82, 2.24) is 0 Å². The van der Waals surface area contributed by atoms with E-state index in [0.717, 1.165) is 17.7 Å². The fourth-order valence-corrected chi connectivity index (χ4v) is 2.40. The van der Waals surface area contributed by atoms with E-state index in [0.29, 0.717) is 0 Å². The van der Waals surface area contributed by atoms with Crippen LogP contribution in [0.1, 0.15) is 26.7 Å². The summed E-state index contributed by atoms with van der Waals surface area (Å²) in [6.07, 6.45) is 3.81. The van der Waals surface area contributed by atoms with Gasteiger partial charge >= 0.3 is 0 Å². The van der Waals surface area contributed by atoms with Gasteiger partial charge in [-0.15, -0.1) is 6.58 Å². The number of nitrogens with zero attached hydrogens (tertiary/aromatic N) is 1. The zero-order valence-electron chi connectivity index (χ0n) is 10.7. The molecular weight excluding hydrogens is 246 g/mol. The van der Waals surface area contributed by atoms with Crippen molar-refractivity contribution >= 4 is 17.4 Å². The minimum Gasteiger partial charge on any atom is -0.258 e. The Balaban J connectivity index is 2.79. The van der Waals surface area contributed by atoms with Crippen molar-refractivity contribution in [3.8, 4) is 0 Å². The minimum absolute atomic E-state index is 0.129. The normalized spacial score (nSPS) is 9.89. The molecule has 0 aromatic heterocycles. The van der Waals surface area contributed by atoms with E-state index < -0.39 is 0 Å². The first kappa shape index (κ1) is 14.5. The van der Waals surface area contributed by atoms with Crippen LogP contribution < -0.4 is 0 Å². The van der Waals surface area contributed by atoms with Crippen LogP contribution in [0.4, 0.5) is 5.69 Å². The molecule has 0 bridgehead atoms. The van der Waals surface area contributed by atoms with E-state index in [1.54, 1.807) is 36.0 Å². The lowest BCUT2D eigenvalue weighted by Crippen LogP contribution is -1.87. The lowest BCUT2D eigenvalue weighted by molar-refractivity contribution is -0.384. The Morgan fingerprint density at radius 2 is 2.00 bits per heavy atom. The maximum absolute atomic E-state index is 10.6. The predicted octanol–water partition coefficient (Wildman–Crippen LogP) is 4.95. The van der Waals surface area contributed by atoms with Crippen molar-refractivity contribution < 1.29 is 4.92 Å². The fourth-order valence-electron chi connectivity index (χ4n) is 1.41. The summed E-state index contributed by atoms with van der Waals surface area (Å²) in [5.41, 5.74) is 1.41. The second-order valence-corrected chi connectivity index (χ2v) is 5.27. The molecule has 0 amide bonds. The molecule has 0 atom stereocenters. The first-order chi connectivity index (χ1) is 8.54. The van der Waals surface area contributed by atoms with Crippen LogP contribution in [0.5, 0.6) is 0 Å². The molecule has 1 aromatic rings. The number of nitro groups is 1. The highest BCUT2D eigenvalue weighted by Gasteiger charge is 2.06. The maximum atomic E-state index is 10.6. The first-order valence-electron chi connectivity index (χ1n) is 5.74. The van der Waals surface area contributed by atoms with E-state index in [1.807, 2.05) is 6.08 Å². The van der Waals surface area contributed by atoms with Crippen LogP contribution in [0.2, 0.25) is 0 Å². The van der Waals surface area contributed by atoms with Gasteiger partial charge in [-0.1, -0.05) is 23.4 Å². The van der Waals surface area contributed by atoms with Crippen LogP contribution in [0.25, 0.3) is 0 Å². The minimum atomic E-state index is -0.381. The SMILES string of the molecule is C=CCCC(Sc1ccc([N+](=O)[O-])cc1)=C(C)C.